The molecule has 0 unspecified atom stereocenters. The van der Waals surface area contributed by atoms with Gasteiger partial charge in [-0.2, -0.15) is 11.8 Å². The zero-order valence-corrected chi connectivity index (χ0v) is 20.7. The molecule has 172 valence electrons. The zero-order valence-electron chi connectivity index (χ0n) is 19.0. The van der Waals surface area contributed by atoms with Gasteiger partial charge in [-0.05, 0) is 49.6 Å². The number of nitrogens with one attached hydrogen (secondary N) is 1. The molecule has 2 aliphatic rings. The first-order valence-corrected chi connectivity index (χ1v) is 13.3. The first kappa shape index (κ1) is 23.3. The van der Waals surface area contributed by atoms with Crippen LogP contribution in [0.2, 0.25) is 0 Å². The topological polar surface area (TPSA) is 70.1 Å². The van der Waals surface area contributed by atoms with Crippen LogP contribution < -0.4 is 10.2 Å². The van der Waals surface area contributed by atoms with Gasteiger partial charge in [0, 0.05) is 49.6 Å². The van der Waals surface area contributed by atoms with E-state index in [4.69, 9.17) is 4.98 Å². The Hall–Kier alpha value is -1.84. The Labute approximate surface area is 200 Å². The number of piperazine rings is 1. The van der Waals surface area contributed by atoms with E-state index in [1.54, 1.807) is 6.20 Å². The monoisotopic (exact) mass is 471 g/mol. The van der Waals surface area contributed by atoms with Gasteiger partial charge >= 0.3 is 0 Å². The van der Waals surface area contributed by atoms with Crippen LogP contribution in [0.4, 0.5) is 17.6 Å². The van der Waals surface area contributed by atoms with Gasteiger partial charge in [-0.3, -0.25) is 4.90 Å². The number of hydrogen-bond acceptors (Lipinski definition) is 9. The molecule has 1 N–H and O–H groups in total. The van der Waals surface area contributed by atoms with Crippen molar-refractivity contribution in [2.75, 3.05) is 54.9 Å². The quantitative estimate of drug-likeness (QED) is 0.550. The lowest BCUT2D eigenvalue weighted by Gasteiger charge is -2.35. The Kier molecular flexibility index (Phi) is 8.26. The van der Waals surface area contributed by atoms with Gasteiger partial charge in [0.2, 0.25) is 5.95 Å². The van der Waals surface area contributed by atoms with E-state index in [0.717, 1.165) is 49.1 Å². The smallest absolute Gasteiger partial charge is 0.229 e. The van der Waals surface area contributed by atoms with Crippen molar-refractivity contribution >= 4 is 47.5 Å². The maximum atomic E-state index is 4.78. The third-order valence-electron chi connectivity index (χ3n) is 6.35. The fourth-order valence-corrected chi connectivity index (χ4v) is 5.22. The van der Waals surface area contributed by atoms with E-state index in [1.807, 2.05) is 23.9 Å². The summed E-state index contributed by atoms with van der Waals surface area (Å²) >= 11 is 6.53. The second-order valence-corrected chi connectivity index (χ2v) is 9.84. The number of thiol groups is 1. The third-order valence-corrected chi connectivity index (χ3v) is 7.27. The summed E-state index contributed by atoms with van der Waals surface area (Å²) in [5, 5.41) is 12.0. The van der Waals surface area contributed by atoms with Crippen molar-refractivity contribution in [3.05, 3.63) is 30.1 Å². The zero-order chi connectivity index (χ0) is 22.3. The van der Waals surface area contributed by atoms with Crippen LogP contribution in [-0.2, 0) is 0 Å². The molecule has 0 radical (unpaired) electrons. The molecule has 0 atom stereocenters. The number of aromatic nitrogens is 4. The van der Waals surface area contributed by atoms with Crippen molar-refractivity contribution in [3.63, 3.8) is 0 Å². The van der Waals surface area contributed by atoms with E-state index < -0.39 is 0 Å². The molecule has 1 saturated heterocycles. The van der Waals surface area contributed by atoms with Gasteiger partial charge < -0.3 is 10.2 Å². The van der Waals surface area contributed by atoms with Crippen molar-refractivity contribution in [2.24, 2.45) is 5.92 Å². The molecule has 4 rings (SSSR count). The summed E-state index contributed by atoms with van der Waals surface area (Å²) < 4.78 is 0. The predicted molar refractivity (Wildman–Crippen MR) is 137 cm³/mol. The molecule has 0 aromatic carbocycles. The highest BCUT2D eigenvalue weighted by Crippen LogP contribution is 2.38. The van der Waals surface area contributed by atoms with E-state index in [9.17, 15) is 0 Å². The molecule has 2 fully saturated rings. The Balaban J connectivity index is 1.40. The number of hydrogen-bond donors (Lipinski definition) is 2. The minimum atomic E-state index is 0.527. The fourth-order valence-electron chi connectivity index (χ4n) is 4.55. The molecule has 3 heterocycles. The summed E-state index contributed by atoms with van der Waals surface area (Å²) in [6.07, 6.45) is 11.1. The molecule has 0 bridgehead atoms. The lowest BCUT2D eigenvalue weighted by molar-refractivity contribution is 0.272. The van der Waals surface area contributed by atoms with E-state index in [-0.39, 0.29) is 0 Å². The number of rotatable bonds is 8. The molecule has 1 saturated carbocycles. The molecule has 7 nitrogen and oxygen atoms in total. The van der Waals surface area contributed by atoms with Crippen molar-refractivity contribution in [3.8, 4) is 0 Å². The first-order valence-electron chi connectivity index (χ1n) is 11.5. The molecule has 0 amide bonds. The Morgan fingerprint density at radius 1 is 1.19 bits per heavy atom. The maximum absolute atomic E-state index is 4.78. The molecule has 2 aromatic heterocycles. The third kappa shape index (κ3) is 5.74. The highest BCUT2D eigenvalue weighted by molar-refractivity contribution is 7.98. The summed E-state index contributed by atoms with van der Waals surface area (Å²) in [7, 11) is 0. The van der Waals surface area contributed by atoms with E-state index in [1.165, 1.54) is 37.0 Å². The molecule has 0 spiro atoms. The second-order valence-electron chi connectivity index (χ2n) is 8.38. The largest absolute Gasteiger partial charge is 0.353 e. The Bertz CT molecular complexity index is 905. The number of anilines is 3. The average Bonchev–Trinajstić information content (AvgIpc) is 3.36. The van der Waals surface area contributed by atoms with Crippen molar-refractivity contribution in [1.29, 1.82) is 0 Å². The lowest BCUT2D eigenvalue weighted by Crippen LogP contribution is -2.47. The standard InChI is InChI=1S/C23H33N7S2/c1-3-18(17-6-4-5-7-17)22-19(31)16-24-23(26-22)25-20-8-9-21(28-27-20)30-12-10-29(11-13-30)14-15-32-2/h3,8-9,16-17,31H,4-7,10-15H2,1-2H3,(H,24,25,26,27)/b18-3+. The van der Waals surface area contributed by atoms with Crippen LogP contribution in [-0.4, -0.2) is 69.8 Å². The minimum Gasteiger partial charge on any atom is -0.353 e. The van der Waals surface area contributed by atoms with Gasteiger partial charge in [0.15, 0.2) is 11.6 Å². The summed E-state index contributed by atoms with van der Waals surface area (Å²) in [5.74, 6) is 3.85. The number of allylic oxidation sites excluding steroid dienone is 2. The SMILES string of the molecule is C/C=C(/c1nc(Nc2ccc(N3CCN(CCSC)CC3)nn2)ncc1S)C1CCCC1. The molecule has 9 heteroatoms. The highest BCUT2D eigenvalue weighted by atomic mass is 32.2. The van der Waals surface area contributed by atoms with Gasteiger partial charge in [0.05, 0.1) is 5.69 Å². The normalized spacial score (nSPS) is 18.3. The first-order chi connectivity index (χ1) is 15.7. The lowest BCUT2D eigenvalue weighted by atomic mass is 9.94. The van der Waals surface area contributed by atoms with Crippen LogP contribution >= 0.6 is 24.4 Å². The van der Waals surface area contributed by atoms with E-state index in [0.29, 0.717) is 17.7 Å². The van der Waals surface area contributed by atoms with Gasteiger partial charge in [-0.15, -0.1) is 22.8 Å². The van der Waals surface area contributed by atoms with Crippen molar-refractivity contribution in [2.45, 2.75) is 37.5 Å². The van der Waals surface area contributed by atoms with Gasteiger partial charge in [-0.25, -0.2) is 9.97 Å². The Morgan fingerprint density at radius 3 is 2.62 bits per heavy atom. The van der Waals surface area contributed by atoms with Crippen LogP contribution in [0, 0.1) is 5.92 Å². The molecule has 1 aliphatic heterocycles. The second kappa shape index (κ2) is 11.3. The molecular formula is C23H33N7S2. The summed E-state index contributed by atoms with van der Waals surface area (Å²) in [5.41, 5.74) is 2.19. The Morgan fingerprint density at radius 2 is 1.97 bits per heavy atom. The van der Waals surface area contributed by atoms with Crippen LogP contribution in [0.25, 0.3) is 5.57 Å². The average molecular weight is 472 g/mol. The molecular weight excluding hydrogens is 438 g/mol. The van der Waals surface area contributed by atoms with Gasteiger partial charge in [0.25, 0.3) is 0 Å². The summed E-state index contributed by atoms with van der Waals surface area (Å²) in [6, 6.07) is 3.98. The minimum absolute atomic E-state index is 0.527. The van der Waals surface area contributed by atoms with Crippen molar-refractivity contribution in [1.82, 2.24) is 25.1 Å². The van der Waals surface area contributed by atoms with Crippen LogP contribution in [0.1, 0.15) is 38.3 Å². The molecule has 2 aromatic rings. The summed E-state index contributed by atoms with van der Waals surface area (Å²) in [4.78, 5) is 14.8. The van der Waals surface area contributed by atoms with Gasteiger partial charge in [0.1, 0.15) is 0 Å². The fraction of sp³-hybridized carbons (Fsp3) is 0.565. The van der Waals surface area contributed by atoms with Crippen molar-refractivity contribution < 1.29 is 0 Å². The predicted octanol–water partition coefficient (Wildman–Crippen LogP) is 4.38. The summed E-state index contributed by atoms with van der Waals surface area (Å²) in [6.45, 7) is 7.36. The molecule has 32 heavy (non-hydrogen) atoms. The highest BCUT2D eigenvalue weighted by Gasteiger charge is 2.23. The van der Waals surface area contributed by atoms with Crippen LogP contribution in [0.3, 0.4) is 0 Å². The molecule has 1 aliphatic carbocycles. The maximum Gasteiger partial charge on any atom is 0.229 e. The number of thioether (sulfide) groups is 1. The van der Waals surface area contributed by atoms with Crippen LogP contribution in [0.5, 0.6) is 0 Å². The number of nitrogens with zero attached hydrogens (tertiary/aromatic N) is 6. The van der Waals surface area contributed by atoms with Crippen LogP contribution in [0.15, 0.2) is 29.3 Å². The van der Waals surface area contributed by atoms with E-state index >= 15 is 0 Å². The van der Waals surface area contributed by atoms with E-state index in [2.05, 4.69) is 62.2 Å². The van der Waals surface area contributed by atoms with Gasteiger partial charge in [-0.1, -0.05) is 18.9 Å².